The van der Waals surface area contributed by atoms with Gasteiger partial charge in [-0.25, -0.2) is 0 Å². The van der Waals surface area contributed by atoms with Crippen LogP contribution in [-0.4, -0.2) is 11.2 Å². The summed E-state index contributed by atoms with van der Waals surface area (Å²) in [5, 5.41) is 10.0. The molecule has 0 aliphatic rings. The highest BCUT2D eigenvalue weighted by molar-refractivity contribution is 4.60. The SMILES string of the molecule is CCCCCCCCC(O)CCCC(C)CCCCCC. The molecule has 0 amide bonds. The summed E-state index contributed by atoms with van der Waals surface area (Å²) >= 11 is 0. The van der Waals surface area contributed by atoms with Gasteiger partial charge in [-0.3, -0.25) is 0 Å². The van der Waals surface area contributed by atoms with Gasteiger partial charge in [-0.05, 0) is 18.8 Å². The van der Waals surface area contributed by atoms with Gasteiger partial charge >= 0.3 is 0 Å². The van der Waals surface area contributed by atoms with Crippen molar-refractivity contribution in [3.63, 3.8) is 0 Å². The van der Waals surface area contributed by atoms with Crippen molar-refractivity contribution in [3.05, 3.63) is 0 Å². The first-order valence-corrected chi connectivity index (χ1v) is 9.88. The van der Waals surface area contributed by atoms with Crippen LogP contribution in [0.25, 0.3) is 0 Å². The van der Waals surface area contributed by atoms with Crippen molar-refractivity contribution in [2.75, 3.05) is 0 Å². The summed E-state index contributed by atoms with van der Waals surface area (Å²) in [6.07, 6.45) is 19.4. The molecule has 0 saturated carbocycles. The van der Waals surface area contributed by atoms with Crippen LogP contribution in [0.15, 0.2) is 0 Å². The van der Waals surface area contributed by atoms with Gasteiger partial charge in [0.05, 0.1) is 6.10 Å². The second kappa shape index (κ2) is 16.3. The molecule has 1 N–H and O–H groups in total. The molecule has 0 aliphatic heterocycles. The summed E-state index contributed by atoms with van der Waals surface area (Å²) in [4.78, 5) is 0. The lowest BCUT2D eigenvalue weighted by molar-refractivity contribution is 0.145. The zero-order valence-electron chi connectivity index (χ0n) is 15.2. The van der Waals surface area contributed by atoms with Crippen molar-refractivity contribution in [2.24, 2.45) is 5.92 Å². The number of aliphatic hydroxyl groups excluding tert-OH is 1. The van der Waals surface area contributed by atoms with Gasteiger partial charge in [-0.15, -0.1) is 0 Å². The second-order valence-corrected chi connectivity index (χ2v) is 7.10. The Morgan fingerprint density at radius 1 is 0.571 bits per heavy atom. The van der Waals surface area contributed by atoms with Crippen LogP contribution in [0.4, 0.5) is 0 Å². The summed E-state index contributed by atoms with van der Waals surface area (Å²) in [6, 6.07) is 0. The van der Waals surface area contributed by atoms with Crippen LogP contribution in [0, 0.1) is 5.92 Å². The van der Waals surface area contributed by atoms with E-state index in [1.54, 1.807) is 0 Å². The van der Waals surface area contributed by atoms with Crippen molar-refractivity contribution in [1.29, 1.82) is 0 Å². The summed E-state index contributed by atoms with van der Waals surface area (Å²) in [5.74, 6) is 0.850. The van der Waals surface area contributed by atoms with E-state index in [1.807, 2.05) is 0 Å². The molecule has 0 heterocycles. The van der Waals surface area contributed by atoms with E-state index in [1.165, 1.54) is 83.5 Å². The molecular weight excluding hydrogens is 256 g/mol. The smallest absolute Gasteiger partial charge is 0.0540 e. The van der Waals surface area contributed by atoms with E-state index in [0.717, 1.165) is 18.8 Å². The number of hydrogen-bond donors (Lipinski definition) is 1. The van der Waals surface area contributed by atoms with Crippen LogP contribution in [0.3, 0.4) is 0 Å². The number of aliphatic hydroxyl groups is 1. The van der Waals surface area contributed by atoms with Gasteiger partial charge in [-0.1, -0.05) is 104 Å². The molecule has 0 rings (SSSR count). The molecule has 0 aromatic carbocycles. The highest BCUT2D eigenvalue weighted by atomic mass is 16.3. The van der Waals surface area contributed by atoms with Crippen molar-refractivity contribution < 1.29 is 5.11 Å². The Kier molecular flexibility index (Phi) is 16.3. The molecule has 1 nitrogen and oxygen atoms in total. The van der Waals surface area contributed by atoms with Crippen LogP contribution in [0.2, 0.25) is 0 Å². The Hall–Kier alpha value is -0.0400. The molecular formula is C20H42O. The average molecular weight is 299 g/mol. The number of rotatable bonds is 16. The van der Waals surface area contributed by atoms with Crippen LogP contribution < -0.4 is 0 Å². The van der Waals surface area contributed by atoms with Gasteiger partial charge in [0, 0.05) is 0 Å². The van der Waals surface area contributed by atoms with Gasteiger partial charge in [-0.2, -0.15) is 0 Å². The molecule has 0 radical (unpaired) electrons. The van der Waals surface area contributed by atoms with E-state index in [9.17, 15) is 5.11 Å². The van der Waals surface area contributed by atoms with Gasteiger partial charge < -0.3 is 5.11 Å². The Morgan fingerprint density at radius 3 is 1.67 bits per heavy atom. The van der Waals surface area contributed by atoms with Crippen LogP contribution in [0.5, 0.6) is 0 Å². The van der Waals surface area contributed by atoms with E-state index in [2.05, 4.69) is 20.8 Å². The minimum atomic E-state index is -0.0385. The monoisotopic (exact) mass is 298 g/mol. The van der Waals surface area contributed by atoms with Crippen molar-refractivity contribution in [3.8, 4) is 0 Å². The molecule has 0 fully saturated rings. The molecule has 0 spiro atoms. The fraction of sp³-hybridized carbons (Fsp3) is 1.00. The molecule has 0 aromatic rings. The summed E-state index contributed by atoms with van der Waals surface area (Å²) in [7, 11) is 0. The third-order valence-corrected chi connectivity index (χ3v) is 4.68. The minimum absolute atomic E-state index is 0.0385. The predicted octanol–water partition coefficient (Wildman–Crippen LogP) is 6.87. The standard InChI is InChI=1S/C20H42O/c1-4-6-8-10-11-13-17-20(21)18-14-16-19(3)15-12-9-7-5-2/h19-21H,4-18H2,1-3H3. The highest BCUT2D eigenvalue weighted by Gasteiger charge is 2.06. The van der Waals surface area contributed by atoms with E-state index >= 15 is 0 Å². The molecule has 21 heavy (non-hydrogen) atoms. The largest absolute Gasteiger partial charge is 0.393 e. The summed E-state index contributed by atoms with van der Waals surface area (Å²) in [6.45, 7) is 6.91. The minimum Gasteiger partial charge on any atom is -0.393 e. The predicted molar refractivity (Wildman–Crippen MR) is 95.8 cm³/mol. The van der Waals surface area contributed by atoms with Crippen molar-refractivity contribution in [1.82, 2.24) is 0 Å². The lowest BCUT2D eigenvalue weighted by Crippen LogP contribution is -2.07. The second-order valence-electron chi connectivity index (χ2n) is 7.10. The number of hydrogen-bond acceptors (Lipinski definition) is 1. The Labute approximate surface area is 134 Å². The maximum atomic E-state index is 10.0. The highest BCUT2D eigenvalue weighted by Crippen LogP contribution is 2.18. The van der Waals surface area contributed by atoms with Crippen LogP contribution in [0.1, 0.15) is 117 Å². The van der Waals surface area contributed by atoms with Crippen LogP contribution >= 0.6 is 0 Å². The van der Waals surface area contributed by atoms with E-state index in [-0.39, 0.29) is 6.10 Å². The average Bonchev–Trinajstić information content (AvgIpc) is 2.47. The zero-order chi connectivity index (χ0) is 15.8. The normalized spacial score (nSPS) is 14.3. The molecule has 2 atom stereocenters. The van der Waals surface area contributed by atoms with Gasteiger partial charge in [0.2, 0.25) is 0 Å². The van der Waals surface area contributed by atoms with E-state index < -0.39 is 0 Å². The fourth-order valence-electron chi connectivity index (χ4n) is 3.07. The Morgan fingerprint density at radius 2 is 1.00 bits per heavy atom. The molecule has 1 heteroatoms. The molecule has 0 saturated heterocycles. The lowest BCUT2D eigenvalue weighted by atomic mass is 9.95. The fourth-order valence-corrected chi connectivity index (χ4v) is 3.07. The van der Waals surface area contributed by atoms with Gasteiger partial charge in [0.15, 0.2) is 0 Å². The van der Waals surface area contributed by atoms with Gasteiger partial charge in [0.1, 0.15) is 0 Å². The molecule has 0 bridgehead atoms. The molecule has 2 unspecified atom stereocenters. The Balaban J connectivity index is 3.29. The molecule has 0 aliphatic carbocycles. The molecule has 0 aromatic heterocycles. The van der Waals surface area contributed by atoms with Crippen molar-refractivity contribution in [2.45, 2.75) is 123 Å². The number of unbranched alkanes of at least 4 members (excludes halogenated alkanes) is 8. The van der Waals surface area contributed by atoms with E-state index in [0.29, 0.717) is 0 Å². The zero-order valence-corrected chi connectivity index (χ0v) is 15.2. The Bertz CT molecular complexity index is 190. The maximum absolute atomic E-state index is 10.0. The van der Waals surface area contributed by atoms with Gasteiger partial charge in [0.25, 0.3) is 0 Å². The van der Waals surface area contributed by atoms with E-state index in [4.69, 9.17) is 0 Å². The first-order valence-electron chi connectivity index (χ1n) is 9.88. The quantitative estimate of drug-likeness (QED) is 0.308. The van der Waals surface area contributed by atoms with Crippen LogP contribution in [-0.2, 0) is 0 Å². The topological polar surface area (TPSA) is 20.2 Å². The lowest BCUT2D eigenvalue weighted by Gasteiger charge is -2.14. The van der Waals surface area contributed by atoms with Crippen molar-refractivity contribution >= 4 is 0 Å². The third-order valence-electron chi connectivity index (χ3n) is 4.68. The third kappa shape index (κ3) is 16.2. The first kappa shape index (κ1) is 21.0. The first-order chi connectivity index (χ1) is 10.2. The summed E-state index contributed by atoms with van der Waals surface area (Å²) < 4.78 is 0. The summed E-state index contributed by atoms with van der Waals surface area (Å²) in [5.41, 5.74) is 0. The maximum Gasteiger partial charge on any atom is 0.0540 e. The molecule has 128 valence electrons.